The van der Waals surface area contributed by atoms with Crippen LogP contribution in [-0.2, 0) is 6.54 Å². The van der Waals surface area contributed by atoms with Crippen LogP contribution in [-0.4, -0.2) is 41.5 Å². The number of nitrogens with one attached hydrogen (secondary N) is 2. The van der Waals surface area contributed by atoms with Gasteiger partial charge in [-0.1, -0.05) is 43.3 Å². The number of anilines is 1. The lowest BCUT2D eigenvalue weighted by Crippen LogP contribution is -2.28. The Bertz CT molecular complexity index is 729. The molecule has 1 aromatic carbocycles. The Morgan fingerprint density at radius 1 is 1.27 bits per heavy atom. The summed E-state index contributed by atoms with van der Waals surface area (Å²) in [6, 6.07) is 14.6. The van der Waals surface area contributed by atoms with E-state index >= 15 is 0 Å². The Morgan fingerprint density at radius 2 is 2.08 bits per heavy atom. The second-order valence-electron chi connectivity index (χ2n) is 6.84. The molecule has 1 fully saturated rings. The lowest BCUT2D eigenvalue weighted by atomic mass is 10.1. The van der Waals surface area contributed by atoms with E-state index in [0.717, 1.165) is 25.5 Å². The third-order valence-corrected chi connectivity index (χ3v) is 4.70. The number of hydrogen-bond donors (Lipinski definition) is 2. The van der Waals surface area contributed by atoms with Crippen molar-refractivity contribution in [2.75, 3.05) is 25.0 Å². The van der Waals surface area contributed by atoms with Gasteiger partial charge in [0.2, 0.25) is 0 Å². The summed E-state index contributed by atoms with van der Waals surface area (Å²) in [6.45, 7) is 9.33. The molecular formula is C21H26N4O. The van der Waals surface area contributed by atoms with E-state index in [0.29, 0.717) is 24.1 Å². The molecule has 2 N–H and O–H groups in total. The van der Waals surface area contributed by atoms with Gasteiger partial charge in [-0.2, -0.15) is 0 Å². The minimum atomic E-state index is -0.132. The van der Waals surface area contributed by atoms with Crippen molar-refractivity contribution in [3.8, 4) is 0 Å². The number of hydrogen-bond acceptors (Lipinski definition) is 4. The smallest absolute Gasteiger partial charge is 0.253 e. The number of nitrogens with zero attached hydrogens (tertiary/aromatic N) is 2. The molecule has 1 aliphatic rings. The molecule has 0 radical (unpaired) electrons. The fourth-order valence-electron chi connectivity index (χ4n) is 3.30. The maximum absolute atomic E-state index is 11.9. The molecule has 0 aliphatic carbocycles. The summed E-state index contributed by atoms with van der Waals surface area (Å²) >= 11 is 0. The molecule has 26 heavy (non-hydrogen) atoms. The van der Waals surface area contributed by atoms with Crippen LogP contribution in [0.4, 0.5) is 5.82 Å². The maximum atomic E-state index is 11.9. The zero-order chi connectivity index (χ0) is 18.4. The van der Waals surface area contributed by atoms with Crippen LogP contribution in [0.3, 0.4) is 0 Å². The number of carbonyl (C=O) groups is 1. The van der Waals surface area contributed by atoms with Gasteiger partial charge in [0.05, 0.1) is 5.56 Å². The Labute approximate surface area is 155 Å². The summed E-state index contributed by atoms with van der Waals surface area (Å²) in [5, 5.41) is 6.27. The average molecular weight is 350 g/mol. The molecule has 1 aliphatic heterocycles. The summed E-state index contributed by atoms with van der Waals surface area (Å²) < 4.78 is 0. The van der Waals surface area contributed by atoms with Crippen molar-refractivity contribution in [1.82, 2.24) is 15.2 Å². The fourth-order valence-corrected chi connectivity index (χ4v) is 3.30. The molecule has 1 aromatic heterocycles. The van der Waals surface area contributed by atoms with Crippen molar-refractivity contribution in [2.45, 2.75) is 19.5 Å². The highest BCUT2D eigenvalue weighted by Crippen LogP contribution is 2.22. The van der Waals surface area contributed by atoms with Gasteiger partial charge in [-0.3, -0.25) is 9.69 Å². The van der Waals surface area contributed by atoms with Crippen molar-refractivity contribution < 1.29 is 4.79 Å². The molecule has 0 saturated carbocycles. The summed E-state index contributed by atoms with van der Waals surface area (Å²) in [5.41, 5.74) is 1.90. The van der Waals surface area contributed by atoms with Crippen LogP contribution in [0.1, 0.15) is 22.8 Å². The van der Waals surface area contributed by atoms with Crippen LogP contribution in [0.25, 0.3) is 0 Å². The quantitative estimate of drug-likeness (QED) is 0.754. The van der Waals surface area contributed by atoms with Crippen LogP contribution in [0, 0.1) is 5.92 Å². The molecule has 2 heterocycles. The Morgan fingerprint density at radius 3 is 2.77 bits per heavy atom. The normalized spacial score (nSPS) is 19.9. The summed E-state index contributed by atoms with van der Waals surface area (Å²) in [4.78, 5) is 18.8. The second-order valence-corrected chi connectivity index (χ2v) is 6.84. The number of carbonyl (C=O) groups excluding carboxylic acids is 1. The highest BCUT2D eigenvalue weighted by molar-refractivity contribution is 5.94. The van der Waals surface area contributed by atoms with Crippen molar-refractivity contribution in [3.05, 3.63) is 72.4 Å². The minimum absolute atomic E-state index is 0.132. The highest BCUT2D eigenvalue weighted by atomic mass is 16.1. The molecular weight excluding hydrogens is 324 g/mol. The number of pyridine rings is 1. The topological polar surface area (TPSA) is 57.3 Å². The van der Waals surface area contributed by atoms with Crippen molar-refractivity contribution in [1.29, 1.82) is 0 Å². The standard InChI is InChI=1S/C21H26N4O/c1-3-11-22-21(26)18-9-10-20(23-12-18)24-19-15-25(13-16(19)2)14-17-7-5-4-6-8-17/h3-10,12,16,19H,1,11,13-15H2,2H3,(H,22,26)(H,23,24). The molecule has 2 atom stereocenters. The SMILES string of the molecule is C=CCNC(=O)c1ccc(NC2CN(Cc3ccccc3)CC2C)nc1. The van der Waals surface area contributed by atoms with Crippen LogP contribution >= 0.6 is 0 Å². The molecule has 1 amide bonds. The molecule has 5 heteroatoms. The predicted molar refractivity (Wildman–Crippen MR) is 105 cm³/mol. The minimum Gasteiger partial charge on any atom is -0.366 e. The third kappa shape index (κ3) is 4.70. The van der Waals surface area contributed by atoms with Crippen molar-refractivity contribution >= 4 is 11.7 Å². The Kier molecular flexibility index (Phi) is 6.02. The maximum Gasteiger partial charge on any atom is 0.253 e. The fraction of sp³-hybridized carbons (Fsp3) is 0.333. The molecule has 5 nitrogen and oxygen atoms in total. The van der Waals surface area contributed by atoms with Crippen molar-refractivity contribution in [3.63, 3.8) is 0 Å². The van der Waals surface area contributed by atoms with E-state index in [1.807, 2.05) is 12.1 Å². The van der Waals surface area contributed by atoms with Crippen molar-refractivity contribution in [2.24, 2.45) is 5.92 Å². The molecule has 0 bridgehead atoms. The molecule has 2 unspecified atom stereocenters. The number of amides is 1. The van der Waals surface area contributed by atoms with E-state index < -0.39 is 0 Å². The van der Waals surface area contributed by atoms with Gasteiger partial charge in [-0.25, -0.2) is 4.98 Å². The molecule has 2 aromatic rings. The van der Waals surface area contributed by atoms with Gasteiger partial charge in [0.1, 0.15) is 5.82 Å². The largest absolute Gasteiger partial charge is 0.366 e. The van der Waals surface area contributed by atoms with E-state index in [2.05, 4.69) is 58.3 Å². The Balaban J connectivity index is 1.55. The lowest BCUT2D eigenvalue weighted by molar-refractivity contribution is 0.0957. The van der Waals surface area contributed by atoms with E-state index in [1.54, 1.807) is 18.3 Å². The van der Waals surface area contributed by atoms with Crippen LogP contribution < -0.4 is 10.6 Å². The second kappa shape index (κ2) is 8.63. The summed E-state index contributed by atoms with van der Waals surface area (Å²) in [6.07, 6.45) is 3.27. The van der Waals surface area contributed by atoms with E-state index in [9.17, 15) is 4.79 Å². The first-order valence-corrected chi connectivity index (χ1v) is 9.03. The van der Waals surface area contributed by atoms with Gasteiger partial charge in [0, 0.05) is 38.4 Å². The van der Waals surface area contributed by atoms with Gasteiger partial charge in [0.15, 0.2) is 0 Å². The van der Waals surface area contributed by atoms with E-state index in [4.69, 9.17) is 0 Å². The van der Waals surface area contributed by atoms with E-state index in [-0.39, 0.29) is 5.91 Å². The van der Waals surface area contributed by atoms with Gasteiger partial charge in [-0.05, 0) is 23.6 Å². The zero-order valence-electron chi connectivity index (χ0n) is 15.2. The van der Waals surface area contributed by atoms with Crippen LogP contribution in [0.2, 0.25) is 0 Å². The van der Waals surface area contributed by atoms with Crippen LogP contribution in [0.5, 0.6) is 0 Å². The first-order chi connectivity index (χ1) is 12.7. The summed E-state index contributed by atoms with van der Waals surface area (Å²) in [5.74, 6) is 1.21. The van der Waals surface area contributed by atoms with E-state index in [1.165, 1.54) is 5.56 Å². The number of rotatable bonds is 7. The van der Waals surface area contributed by atoms with Gasteiger partial charge < -0.3 is 10.6 Å². The number of benzene rings is 1. The number of likely N-dealkylation sites (tertiary alicyclic amines) is 1. The molecule has 0 spiro atoms. The lowest BCUT2D eigenvalue weighted by Gasteiger charge is -2.18. The zero-order valence-corrected chi connectivity index (χ0v) is 15.2. The first-order valence-electron chi connectivity index (χ1n) is 9.03. The monoisotopic (exact) mass is 350 g/mol. The molecule has 1 saturated heterocycles. The van der Waals surface area contributed by atoms with Crippen LogP contribution in [0.15, 0.2) is 61.3 Å². The predicted octanol–water partition coefficient (Wildman–Crippen LogP) is 2.93. The Hall–Kier alpha value is -2.66. The van der Waals surface area contributed by atoms with Gasteiger partial charge in [-0.15, -0.1) is 6.58 Å². The average Bonchev–Trinajstić information content (AvgIpc) is 3.00. The number of aromatic nitrogens is 1. The molecule has 136 valence electrons. The highest BCUT2D eigenvalue weighted by Gasteiger charge is 2.29. The first kappa shape index (κ1) is 18.1. The molecule has 3 rings (SSSR count). The van der Waals surface area contributed by atoms with Gasteiger partial charge in [0.25, 0.3) is 5.91 Å². The van der Waals surface area contributed by atoms with Gasteiger partial charge >= 0.3 is 0 Å². The third-order valence-electron chi connectivity index (χ3n) is 4.70. The summed E-state index contributed by atoms with van der Waals surface area (Å²) in [7, 11) is 0.